The third-order valence-electron chi connectivity index (χ3n) is 5.42. The van der Waals surface area contributed by atoms with Crippen LogP contribution in [0.5, 0.6) is 0 Å². The van der Waals surface area contributed by atoms with Crippen molar-refractivity contribution in [3.05, 3.63) is 94.2 Å². The molecule has 0 saturated carbocycles. The lowest BCUT2D eigenvalue weighted by atomic mass is 10.1. The highest BCUT2D eigenvalue weighted by Gasteiger charge is 2.32. The van der Waals surface area contributed by atoms with Crippen LogP contribution in [0.4, 0.5) is 10.5 Å². The Morgan fingerprint density at radius 2 is 1.88 bits per heavy atom. The molecule has 3 amide bonds. The van der Waals surface area contributed by atoms with Gasteiger partial charge in [0.2, 0.25) is 5.91 Å². The number of urea groups is 1. The maximum absolute atomic E-state index is 12.7. The second kappa shape index (κ2) is 9.47. The van der Waals surface area contributed by atoms with Crippen LogP contribution < -0.4 is 16.3 Å². The molecule has 3 aromatic rings. The summed E-state index contributed by atoms with van der Waals surface area (Å²) in [6.07, 6.45) is 3.69. The van der Waals surface area contributed by atoms with Crippen molar-refractivity contribution in [1.82, 2.24) is 19.8 Å². The van der Waals surface area contributed by atoms with Gasteiger partial charge in [-0.05, 0) is 42.7 Å². The molecule has 4 rings (SSSR count). The summed E-state index contributed by atoms with van der Waals surface area (Å²) in [4.78, 5) is 42.5. The van der Waals surface area contributed by atoms with Gasteiger partial charge >= 0.3 is 11.7 Å². The molecule has 1 aliphatic heterocycles. The molecule has 0 aliphatic carbocycles. The molecule has 2 heterocycles. The van der Waals surface area contributed by atoms with Crippen LogP contribution in [0.25, 0.3) is 0 Å². The number of amides is 3. The number of nitrogens with zero attached hydrogens (tertiary/aromatic N) is 3. The van der Waals surface area contributed by atoms with Gasteiger partial charge in [-0.15, -0.1) is 0 Å². The summed E-state index contributed by atoms with van der Waals surface area (Å²) in [7, 11) is 0. The topological polar surface area (TPSA) is 96.3 Å². The van der Waals surface area contributed by atoms with Gasteiger partial charge in [0.1, 0.15) is 6.04 Å². The molecule has 1 aliphatic rings. The zero-order chi connectivity index (χ0) is 22.5. The minimum absolute atomic E-state index is 0.0783. The number of anilines is 1. The SMILES string of the molecule is Cc1ccc(CN2CCC(NC(=O)Nc3cccc(Cn4cccnc4=O)c3)C2=O)cc1. The molecular weight excluding hydrogens is 406 g/mol. The normalized spacial score (nSPS) is 15.6. The fourth-order valence-electron chi connectivity index (χ4n) is 3.72. The molecule has 8 heteroatoms. The van der Waals surface area contributed by atoms with E-state index in [9.17, 15) is 14.4 Å². The fourth-order valence-corrected chi connectivity index (χ4v) is 3.72. The zero-order valence-corrected chi connectivity index (χ0v) is 17.8. The lowest BCUT2D eigenvalue weighted by molar-refractivity contribution is -0.129. The average Bonchev–Trinajstić information content (AvgIpc) is 3.11. The van der Waals surface area contributed by atoms with E-state index in [0.29, 0.717) is 31.7 Å². The average molecular weight is 431 g/mol. The smallest absolute Gasteiger partial charge is 0.336 e. The molecule has 2 N–H and O–H groups in total. The van der Waals surface area contributed by atoms with E-state index >= 15 is 0 Å². The van der Waals surface area contributed by atoms with Gasteiger partial charge in [0.15, 0.2) is 0 Å². The highest BCUT2D eigenvalue weighted by Crippen LogP contribution is 2.16. The van der Waals surface area contributed by atoms with E-state index in [4.69, 9.17) is 0 Å². The second-order valence-electron chi connectivity index (χ2n) is 7.92. The number of carbonyl (C=O) groups excluding carboxylic acids is 2. The molecule has 32 heavy (non-hydrogen) atoms. The Labute approximate surface area is 185 Å². The van der Waals surface area contributed by atoms with Crippen LogP contribution in [0.15, 0.2) is 71.8 Å². The zero-order valence-electron chi connectivity index (χ0n) is 17.8. The van der Waals surface area contributed by atoms with Crippen LogP contribution in [0, 0.1) is 6.92 Å². The Balaban J connectivity index is 1.33. The number of hydrogen-bond acceptors (Lipinski definition) is 4. The Morgan fingerprint density at radius 1 is 1.06 bits per heavy atom. The van der Waals surface area contributed by atoms with Crippen molar-refractivity contribution < 1.29 is 9.59 Å². The summed E-state index contributed by atoms with van der Waals surface area (Å²) in [5.41, 5.74) is 3.34. The largest absolute Gasteiger partial charge is 0.347 e. The number of aromatic nitrogens is 2. The number of aryl methyl sites for hydroxylation is 1. The first kappa shape index (κ1) is 21.3. The van der Waals surface area contributed by atoms with Gasteiger partial charge in [-0.1, -0.05) is 42.0 Å². The highest BCUT2D eigenvalue weighted by atomic mass is 16.2. The monoisotopic (exact) mass is 431 g/mol. The van der Waals surface area contributed by atoms with Gasteiger partial charge in [-0.25, -0.2) is 14.6 Å². The van der Waals surface area contributed by atoms with Crippen LogP contribution in [0.1, 0.15) is 23.1 Å². The summed E-state index contributed by atoms with van der Waals surface area (Å²) < 4.78 is 1.49. The van der Waals surface area contributed by atoms with E-state index in [1.807, 2.05) is 37.3 Å². The van der Waals surface area contributed by atoms with Gasteiger partial charge in [0.25, 0.3) is 0 Å². The van der Waals surface area contributed by atoms with Gasteiger partial charge in [0, 0.05) is 31.2 Å². The molecule has 1 fully saturated rings. The summed E-state index contributed by atoms with van der Waals surface area (Å²) in [5, 5.41) is 5.55. The van der Waals surface area contributed by atoms with Crippen molar-refractivity contribution in [1.29, 1.82) is 0 Å². The Bertz CT molecular complexity index is 1170. The number of carbonyl (C=O) groups is 2. The molecule has 1 aromatic heterocycles. The van der Waals surface area contributed by atoms with Crippen LogP contribution in [-0.4, -0.2) is 39.0 Å². The van der Waals surface area contributed by atoms with Crippen LogP contribution in [0.2, 0.25) is 0 Å². The summed E-state index contributed by atoms with van der Waals surface area (Å²) in [6.45, 7) is 3.51. The van der Waals surface area contributed by atoms with Crippen molar-refractivity contribution in [3.8, 4) is 0 Å². The van der Waals surface area contributed by atoms with Gasteiger partial charge in [0.05, 0.1) is 6.54 Å². The predicted octanol–water partition coefficient (Wildman–Crippen LogP) is 2.52. The van der Waals surface area contributed by atoms with E-state index in [2.05, 4.69) is 15.6 Å². The molecule has 1 saturated heterocycles. The lowest BCUT2D eigenvalue weighted by Crippen LogP contribution is -2.43. The molecule has 1 unspecified atom stereocenters. The van der Waals surface area contributed by atoms with Crippen molar-refractivity contribution in [2.75, 3.05) is 11.9 Å². The molecule has 0 bridgehead atoms. The molecule has 1 atom stereocenters. The summed E-state index contributed by atoms with van der Waals surface area (Å²) in [6, 6.07) is 16.0. The van der Waals surface area contributed by atoms with Crippen molar-refractivity contribution in [3.63, 3.8) is 0 Å². The van der Waals surface area contributed by atoms with Crippen molar-refractivity contribution in [2.24, 2.45) is 0 Å². The van der Waals surface area contributed by atoms with Crippen molar-refractivity contribution in [2.45, 2.75) is 32.5 Å². The first-order chi connectivity index (χ1) is 15.5. The van der Waals surface area contributed by atoms with E-state index in [-0.39, 0.29) is 11.6 Å². The Kier molecular flexibility index (Phi) is 6.30. The number of hydrogen-bond donors (Lipinski definition) is 2. The maximum Gasteiger partial charge on any atom is 0.347 e. The quantitative estimate of drug-likeness (QED) is 0.627. The van der Waals surface area contributed by atoms with Crippen molar-refractivity contribution >= 4 is 17.6 Å². The van der Waals surface area contributed by atoms with Gasteiger partial charge in [-0.3, -0.25) is 9.36 Å². The minimum atomic E-state index is -0.544. The molecule has 164 valence electrons. The predicted molar refractivity (Wildman–Crippen MR) is 121 cm³/mol. The highest BCUT2D eigenvalue weighted by molar-refractivity contribution is 5.94. The maximum atomic E-state index is 12.7. The number of likely N-dealkylation sites (tertiary alicyclic amines) is 1. The van der Waals surface area contributed by atoms with E-state index in [1.165, 1.54) is 16.3 Å². The lowest BCUT2D eigenvalue weighted by Gasteiger charge is -2.17. The molecule has 2 aromatic carbocycles. The van der Waals surface area contributed by atoms with Gasteiger partial charge < -0.3 is 15.5 Å². The Hall–Kier alpha value is -3.94. The third-order valence-corrected chi connectivity index (χ3v) is 5.42. The third kappa shape index (κ3) is 5.21. The first-order valence-electron chi connectivity index (χ1n) is 10.5. The standard InChI is InChI=1S/C24H25N5O3/c1-17-6-8-18(9-7-17)15-28-13-10-21(22(28)30)27-23(31)26-20-5-2-4-19(14-20)16-29-12-3-11-25-24(29)32/h2-9,11-12,14,21H,10,13,15-16H2,1H3,(H2,26,27,31). The number of benzene rings is 2. The van der Waals surface area contributed by atoms with Crippen LogP contribution in [0.3, 0.4) is 0 Å². The van der Waals surface area contributed by atoms with E-state index < -0.39 is 12.1 Å². The molecule has 0 spiro atoms. The molecule has 0 radical (unpaired) electrons. The van der Waals surface area contributed by atoms with Crippen LogP contribution >= 0.6 is 0 Å². The fraction of sp³-hybridized carbons (Fsp3) is 0.250. The van der Waals surface area contributed by atoms with Crippen LogP contribution in [-0.2, 0) is 17.9 Å². The summed E-state index contributed by atoms with van der Waals surface area (Å²) >= 11 is 0. The summed E-state index contributed by atoms with van der Waals surface area (Å²) in [5.74, 6) is -0.0783. The molecule has 8 nitrogen and oxygen atoms in total. The number of rotatable bonds is 6. The van der Waals surface area contributed by atoms with E-state index in [0.717, 1.165) is 11.1 Å². The first-order valence-corrected chi connectivity index (χ1v) is 10.5. The molecular formula is C24H25N5O3. The number of nitrogens with one attached hydrogen (secondary N) is 2. The minimum Gasteiger partial charge on any atom is -0.336 e. The van der Waals surface area contributed by atoms with Gasteiger partial charge in [-0.2, -0.15) is 0 Å². The Morgan fingerprint density at radius 3 is 2.66 bits per heavy atom. The van der Waals surface area contributed by atoms with E-state index in [1.54, 1.807) is 35.4 Å². The second-order valence-corrected chi connectivity index (χ2v) is 7.92.